The minimum atomic E-state index is -0.306. The molecule has 5 aromatic rings. The highest BCUT2D eigenvalue weighted by atomic mass is 32.2. The van der Waals surface area contributed by atoms with Gasteiger partial charge in [0.05, 0.1) is 19.4 Å². The maximum absolute atomic E-state index is 13.6. The second-order valence-electron chi connectivity index (χ2n) is 8.53. The van der Waals surface area contributed by atoms with Gasteiger partial charge in [0.15, 0.2) is 5.16 Å². The predicted molar refractivity (Wildman–Crippen MR) is 143 cm³/mol. The molecule has 5 rings (SSSR count). The number of ether oxygens (including phenoxy) is 1. The molecule has 0 fully saturated rings. The number of aromatic nitrogens is 2. The lowest BCUT2D eigenvalue weighted by Gasteiger charge is -2.14. The largest absolute Gasteiger partial charge is 0.496 e. The molecule has 1 N–H and O–H groups in total. The monoisotopic (exact) mass is 499 g/mol. The van der Waals surface area contributed by atoms with Gasteiger partial charge in [0.1, 0.15) is 16.8 Å². The molecule has 0 bridgehead atoms. The first-order chi connectivity index (χ1) is 17.4. The zero-order valence-corrected chi connectivity index (χ0v) is 21.0. The number of fused-ring (bicyclic) bond motifs is 3. The van der Waals surface area contributed by atoms with Crippen molar-refractivity contribution in [1.29, 1.82) is 0 Å². The van der Waals surface area contributed by atoms with Gasteiger partial charge in [-0.2, -0.15) is 0 Å². The molecule has 0 spiro atoms. The summed E-state index contributed by atoms with van der Waals surface area (Å²) in [6, 6.07) is 20.8. The topological polar surface area (TPSA) is 86.4 Å². The van der Waals surface area contributed by atoms with Crippen LogP contribution in [-0.4, -0.2) is 28.3 Å². The molecule has 0 aliphatic rings. The Hall–Kier alpha value is -4.04. The molecule has 2 aromatic heterocycles. The molecular weight excluding hydrogens is 474 g/mol. The highest BCUT2D eigenvalue weighted by Crippen LogP contribution is 2.28. The van der Waals surface area contributed by atoms with Crippen LogP contribution in [0.2, 0.25) is 0 Å². The molecule has 7 nitrogen and oxygen atoms in total. The van der Waals surface area contributed by atoms with Crippen LogP contribution in [0.15, 0.2) is 81.1 Å². The van der Waals surface area contributed by atoms with Gasteiger partial charge in [0.25, 0.3) is 5.56 Å². The van der Waals surface area contributed by atoms with Gasteiger partial charge in [0, 0.05) is 16.6 Å². The van der Waals surface area contributed by atoms with Crippen LogP contribution in [0.3, 0.4) is 0 Å². The SMILES string of the molecule is COc1ccccc1Cn1c(SCC(=O)Nc2ccc(C)cc2C)nc2c(oc3ccccc32)c1=O. The smallest absolute Gasteiger partial charge is 0.298 e. The third kappa shape index (κ3) is 4.59. The van der Waals surface area contributed by atoms with E-state index in [1.54, 1.807) is 7.11 Å². The van der Waals surface area contributed by atoms with Crippen molar-refractivity contribution < 1.29 is 13.9 Å². The van der Waals surface area contributed by atoms with Crippen molar-refractivity contribution in [1.82, 2.24) is 9.55 Å². The lowest BCUT2D eigenvalue weighted by molar-refractivity contribution is -0.113. The molecule has 8 heteroatoms. The molecule has 0 saturated carbocycles. The van der Waals surface area contributed by atoms with E-state index in [9.17, 15) is 9.59 Å². The first-order valence-corrected chi connectivity index (χ1v) is 12.5. The normalized spacial score (nSPS) is 11.2. The van der Waals surface area contributed by atoms with Crippen molar-refractivity contribution in [2.75, 3.05) is 18.2 Å². The summed E-state index contributed by atoms with van der Waals surface area (Å²) in [6.07, 6.45) is 0. The number of methoxy groups -OCH3 is 1. The molecule has 2 heterocycles. The van der Waals surface area contributed by atoms with Crippen molar-refractivity contribution >= 4 is 45.4 Å². The summed E-state index contributed by atoms with van der Waals surface area (Å²) in [4.78, 5) is 31.2. The van der Waals surface area contributed by atoms with Crippen LogP contribution >= 0.6 is 11.8 Å². The minimum Gasteiger partial charge on any atom is -0.496 e. The number of thioether (sulfide) groups is 1. The van der Waals surface area contributed by atoms with Crippen LogP contribution in [0.25, 0.3) is 22.1 Å². The number of benzene rings is 3. The Kier molecular flexibility index (Phi) is 6.52. The maximum Gasteiger partial charge on any atom is 0.298 e. The Morgan fingerprint density at radius 2 is 1.86 bits per heavy atom. The Bertz CT molecular complexity index is 1650. The molecule has 0 aliphatic carbocycles. The van der Waals surface area contributed by atoms with Crippen LogP contribution < -0.4 is 15.6 Å². The highest BCUT2D eigenvalue weighted by Gasteiger charge is 2.20. The van der Waals surface area contributed by atoms with Crippen molar-refractivity contribution in [2.24, 2.45) is 0 Å². The van der Waals surface area contributed by atoms with Crippen molar-refractivity contribution in [2.45, 2.75) is 25.5 Å². The fourth-order valence-electron chi connectivity index (χ4n) is 4.18. The second-order valence-corrected chi connectivity index (χ2v) is 9.47. The van der Waals surface area contributed by atoms with E-state index in [1.165, 1.54) is 16.3 Å². The van der Waals surface area contributed by atoms with E-state index >= 15 is 0 Å². The summed E-state index contributed by atoms with van der Waals surface area (Å²) < 4.78 is 12.9. The van der Waals surface area contributed by atoms with Gasteiger partial charge in [-0.3, -0.25) is 14.2 Å². The first-order valence-electron chi connectivity index (χ1n) is 11.5. The van der Waals surface area contributed by atoms with E-state index in [0.29, 0.717) is 22.0 Å². The quantitative estimate of drug-likeness (QED) is 0.234. The molecule has 3 aromatic carbocycles. The summed E-state index contributed by atoms with van der Waals surface area (Å²) >= 11 is 1.21. The molecule has 36 heavy (non-hydrogen) atoms. The fraction of sp³-hybridized carbons (Fsp3) is 0.179. The van der Waals surface area contributed by atoms with Crippen molar-refractivity contribution in [3.63, 3.8) is 0 Å². The van der Waals surface area contributed by atoms with Crippen LogP contribution in [0.1, 0.15) is 16.7 Å². The molecule has 0 atom stereocenters. The second kappa shape index (κ2) is 9.91. The first kappa shape index (κ1) is 23.7. The molecule has 1 amide bonds. The number of amides is 1. The Balaban J connectivity index is 1.52. The Labute approximate surface area is 212 Å². The highest BCUT2D eigenvalue weighted by molar-refractivity contribution is 7.99. The van der Waals surface area contributed by atoms with Crippen LogP contribution in [0.4, 0.5) is 5.69 Å². The number of carbonyl (C=O) groups excluding carboxylic acids is 1. The lowest BCUT2D eigenvalue weighted by atomic mass is 10.1. The summed E-state index contributed by atoms with van der Waals surface area (Å²) in [6.45, 7) is 4.20. The molecule has 0 radical (unpaired) electrons. The van der Waals surface area contributed by atoms with Gasteiger partial charge < -0.3 is 14.5 Å². The van der Waals surface area contributed by atoms with Gasteiger partial charge in [0.2, 0.25) is 11.5 Å². The van der Waals surface area contributed by atoms with Crippen molar-refractivity contribution in [3.8, 4) is 5.75 Å². The van der Waals surface area contributed by atoms with Gasteiger partial charge in [-0.1, -0.05) is 59.8 Å². The Morgan fingerprint density at radius 1 is 1.08 bits per heavy atom. The molecule has 0 unspecified atom stereocenters. The minimum absolute atomic E-state index is 0.0902. The number of anilines is 1. The average molecular weight is 500 g/mol. The molecular formula is C28H25N3O4S. The van der Waals surface area contributed by atoms with E-state index in [2.05, 4.69) is 5.32 Å². The summed E-state index contributed by atoms with van der Waals surface area (Å²) in [5.74, 6) is 0.576. The molecule has 182 valence electrons. The Morgan fingerprint density at radius 3 is 2.67 bits per heavy atom. The predicted octanol–water partition coefficient (Wildman–Crippen LogP) is 5.55. The summed E-state index contributed by atoms with van der Waals surface area (Å²) in [5, 5.41) is 4.15. The number of rotatable bonds is 7. The van der Waals surface area contributed by atoms with E-state index < -0.39 is 0 Å². The zero-order valence-electron chi connectivity index (χ0n) is 20.2. The molecule has 0 aliphatic heterocycles. The van der Waals surface area contributed by atoms with Crippen LogP contribution in [0, 0.1) is 13.8 Å². The number of aryl methyl sites for hydroxylation is 2. The number of nitrogens with one attached hydrogen (secondary N) is 1. The number of nitrogens with zero attached hydrogens (tertiary/aromatic N) is 2. The summed E-state index contributed by atoms with van der Waals surface area (Å²) in [7, 11) is 1.59. The van der Waals surface area contributed by atoms with E-state index in [1.807, 2.05) is 80.6 Å². The van der Waals surface area contributed by atoms with Gasteiger partial charge in [-0.25, -0.2) is 4.98 Å². The fourth-order valence-corrected chi connectivity index (χ4v) is 4.97. The van der Waals surface area contributed by atoms with E-state index in [4.69, 9.17) is 14.1 Å². The average Bonchev–Trinajstić information content (AvgIpc) is 3.25. The van der Waals surface area contributed by atoms with Crippen LogP contribution in [0.5, 0.6) is 5.75 Å². The van der Waals surface area contributed by atoms with Gasteiger partial charge in [-0.05, 0) is 43.7 Å². The number of para-hydroxylation sites is 2. The third-order valence-electron chi connectivity index (χ3n) is 5.96. The number of hydrogen-bond donors (Lipinski definition) is 1. The number of hydrogen-bond acceptors (Lipinski definition) is 6. The van der Waals surface area contributed by atoms with Crippen LogP contribution in [-0.2, 0) is 11.3 Å². The standard InChI is InChI=1S/C28H25N3O4S/c1-17-12-13-21(18(2)14-17)29-24(32)16-36-28-30-25-20-9-5-7-11-23(20)35-26(25)27(33)31(28)15-19-8-4-6-10-22(19)34-3/h4-14H,15-16H2,1-3H3,(H,29,32). The maximum atomic E-state index is 13.6. The van der Waals surface area contributed by atoms with E-state index in [-0.39, 0.29) is 29.3 Å². The zero-order chi connectivity index (χ0) is 25.2. The number of carbonyl (C=O) groups is 1. The number of furan rings is 1. The third-order valence-corrected chi connectivity index (χ3v) is 6.93. The van der Waals surface area contributed by atoms with E-state index in [0.717, 1.165) is 27.8 Å². The van der Waals surface area contributed by atoms with Crippen molar-refractivity contribution in [3.05, 3.63) is 93.8 Å². The molecule has 0 saturated heterocycles. The van der Waals surface area contributed by atoms with Gasteiger partial charge >= 0.3 is 0 Å². The summed E-state index contributed by atoms with van der Waals surface area (Å²) in [5.41, 5.74) is 4.67. The lowest BCUT2D eigenvalue weighted by Crippen LogP contribution is -2.24. The van der Waals surface area contributed by atoms with Gasteiger partial charge in [-0.15, -0.1) is 0 Å².